The largest absolute Gasteiger partial charge is 0.494 e. The lowest BCUT2D eigenvalue weighted by Gasteiger charge is -2.13. The highest BCUT2D eigenvalue weighted by molar-refractivity contribution is 7.99. The highest BCUT2D eigenvalue weighted by Crippen LogP contribution is 2.33. The maximum atomic E-state index is 12.3. The van der Waals surface area contributed by atoms with Crippen molar-refractivity contribution in [2.45, 2.75) is 19.0 Å². The molecule has 0 atom stereocenters. The van der Waals surface area contributed by atoms with Gasteiger partial charge in [0.2, 0.25) is 5.16 Å². The highest BCUT2D eigenvalue weighted by Gasteiger charge is 2.16. The van der Waals surface area contributed by atoms with E-state index in [1.54, 1.807) is 11.6 Å². The Hall–Kier alpha value is -1.55. The molecular weight excluding hydrogens is 405 g/mol. The summed E-state index contributed by atoms with van der Waals surface area (Å²) in [5.74, 6) is 1.28. The van der Waals surface area contributed by atoms with Gasteiger partial charge in [-0.15, -0.1) is 10.2 Å². The molecule has 11 heteroatoms. The normalized spacial score (nSPS) is 10.4. The SMILES string of the molecule is CCSc1nnc(C)n1NC(=S)NC(=O)c1cc(Cl)c(OC)c(Cl)c1. The molecule has 0 unspecified atom stereocenters. The number of thioether (sulfide) groups is 1. The third kappa shape index (κ3) is 4.75. The minimum Gasteiger partial charge on any atom is -0.494 e. The number of thiocarbonyl (C=S) groups is 1. The number of amides is 1. The summed E-state index contributed by atoms with van der Waals surface area (Å²) in [5, 5.41) is 11.8. The first kappa shape index (κ1) is 19.8. The number of aromatic nitrogens is 3. The number of nitrogens with zero attached hydrogens (tertiary/aromatic N) is 3. The van der Waals surface area contributed by atoms with Gasteiger partial charge in [0.25, 0.3) is 5.91 Å². The van der Waals surface area contributed by atoms with Gasteiger partial charge < -0.3 is 4.74 Å². The third-order valence-corrected chi connectivity index (χ3v) is 4.54. The molecule has 2 aromatic rings. The van der Waals surface area contributed by atoms with Crippen molar-refractivity contribution in [1.82, 2.24) is 20.2 Å². The van der Waals surface area contributed by atoms with Crippen molar-refractivity contribution in [2.75, 3.05) is 18.3 Å². The van der Waals surface area contributed by atoms with E-state index in [4.69, 9.17) is 40.2 Å². The first-order valence-electron chi connectivity index (χ1n) is 7.07. The molecule has 0 fully saturated rings. The van der Waals surface area contributed by atoms with Crippen LogP contribution in [0.1, 0.15) is 23.1 Å². The lowest BCUT2D eigenvalue weighted by Crippen LogP contribution is -2.38. The Balaban J connectivity index is 2.11. The zero-order chi connectivity index (χ0) is 18.6. The first-order chi connectivity index (χ1) is 11.9. The van der Waals surface area contributed by atoms with Gasteiger partial charge in [-0.3, -0.25) is 15.5 Å². The molecule has 7 nitrogen and oxygen atoms in total. The fourth-order valence-corrected chi connectivity index (χ4v) is 3.37. The van der Waals surface area contributed by atoms with Crippen LogP contribution < -0.4 is 15.5 Å². The lowest BCUT2D eigenvalue weighted by atomic mass is 10.2. The summed E-state index contributed by atoms with van der Waals surface area (Å²) in [6.07, 6.45) is 0. The van der Waals surface area contributed by atoms with Crippen molar-refractivity contribution in [3.8, 4) is 5.75 Å². The predicted octanol–water partition coefficient (Wildman–Crippen LogP) is 3.27. The Morgan fingerprint density at radius 3 is 2.56 bits per heavy atom. The maximum absolute atomic E-state index is 12.3. The molecule has 0 radical (unpaired) electrons. The number of ether oxygens (including phenoxy) is 1. The number of nitrogens with one attached hydrogen (secondary N) is 2. The second kappa shape index (κ2) is 8.70. The summed E-state index contributed by atoms with van der Waals surface area (Å²) in [6, 6.07) is 2.90. The zero-order valence-corrected chi connectivity index (χ0v) is 16.7. The Bertz CT molecular complexity index is 790. The first-order valence-corrected chi connectivity index (χ1v) is 9.22. The van der Waals surface area contributed by atoms with Gasteiger partial charge in [0.1, 0.15) is 5.82 Å². The van der Waals surface area contributed by atoms with Gasteiger partial charge >= 0.3 is 0 Å². The zero-order valence-electron chi connectivity index (χ0n) is 13.6. The van der Waals surface area contributed by atoms with E-state index in [9.17, 15) is 4.79 Å². The molecule has 0 aliphatic rings. The van der Waals surface area contributed by atoms with Crippen LogP contribution in [0.3, 0.4) is 0 Å². The second-order valence-corrected chi connectivity index (χ2v) is 7.12. The Morgan fingerprint density at radius 1 is 1.36 bits per heavy atom. The van der Waals surface area contributed by atoms with Gasteiger partial charge in [0.05, 0.1) is 17.2 Å². The number of carbonyl (C=O) groups is 1. The Kier molecular flexibility index (Phi) is 6.88. The minimum atomic E-state index is -0.459. The monoisotopic (exact) mass is 419 g/mol. The summed E-state index contributed by atoms with van der Waals surface area (Å²) < 4.78 is 6.66. The number of halogens is 2. The van der Waals surface area contributed by atoms with Gasteiger partial charge in [-0.1, -0.05) is 41.9 Å². The number of benzene rings is 1. The van der Waals surface area contributed by atoms with E-state index in [2.05, 4.69) is 20.9 Å². The van der Waals surface area contributed by atoms with Crippen molar-refractivity contribution in [1.29, 1.82) is 0 Å². The Morgan fingerprint density at radius 2 is 2.00 bits per heavy atom. The molecule has 25 heavy (non-hydrogen) atoms. The van der Waals surface area contributed by atoms with Crippen LogP contribution in [0.5, 0.6) is 5.75 Å². The third-order valence-electron chi connectivity index (χ3n) is 2.97. The van der Waals surface area contributed by atoms with Crippen LogP contribution in [0.4, 0.5) is 0 Å². The summed E-state index contributed by atoms with van der Waals surface area (Å²) in [6.45, 7) is 3.77. The average Bonchev–Trinajstić information content (AvgIpc) is 2.88. The maximum Gasteiger partial charge on any atom is 0.257 e. The van der Waals surface area contributed by atoms with Crippen LogP contribution in [0.25, 0.3) is 0 Å². The van der Waals surface area contributed by atoms with Crippen molar-refractivity contribution >= 4 is 58.2 Å². The molecule has 0 bridgehead atoms. The van der Waals surface area contributed by atoms with E-state index in [0.29, 0.717) is 16.7 Å². The number of carbonyl (C=O) groups excluding carboxylic acids is 1. The molecule has 134 valence electrons. The second-order valence-electron chi connectivity index (χ2n) is 4.67. The van der Waals surface area contributed by atoms with Gasteiger partial charge in [-0.2, -0.15) is 0 Å². The number of hydrogen-bond acceptors (Lipinski definition) is 6. The fraction of sp³-hybridized carbons (Fsp3) is 0.286. The highest BCUT2D eigenvalue weighted by atomic mass is 35.5. The fourth-order valence-electron chi connectivity index (χ4n) is 1.88. The van der Waals surface area contributed by atoms with Crippen molar-refractivity contribution in [2.24, 2.45) is 0 Å². The van der Waals surface area contributed by atoms with E-state index >= 15 is 0 Å². The standard InChI is InChI=1S/C14H15Cl2N5O2S2/c1-4-25-14-19-18-7(2)21(14)20-13(24)17-12(22)8-5-9(15)11(23-3)10(16)6-8/h5-6H,4H2,1-3H3,(H2,17,20,22,24). The lowest BCUT2D eigenvalue weighted by molar-refractivity contribution is 0.0977. The van der Waals surface area contributed by atoms with Gasteiger partial charge in [-0.25, -0.2) is 4.68 Å². The predicted molar refractivity (Wildman–Crippen MR) is 104 cm³/mol. The molecule has 0 saturated carbocycles. The quantitative estimate of drug-likeness (QED) is 0.568. The number of hydrogen-bond donors (Lipinski definition) is 2. The molecule has 1 aromatic carbocycles. The van der Waals surface area contributed by atoms with Crippen LogP contribution in [-0.4, -0.2) is 38.8 Å². The molecule has 1 aromatic heterocycles. The molecule has 1 amide bonds. The molecule has 1 heterocycles. The Labute approximate surface area is 164 Å². The van der Waals surface area contributed by atoms with Crippen LogP contribution in [0, 0.1) is 6.92 Å². The topological polar surface area (TPSA) is 81.1 Å². The molecule has 0 spiro atoms. The van der Waals surface area contributed by atoms with E-state index in [1.807, 2.05) is 6.92 Å². The summed E-state index contributed by atoms with van der Waals surface area (Å²) in [7, 11) is 1.44. The van der Waals surface area contributed by atoms with Gasteiger partial charge in [0.15, 0.2) is 10.9 Å². The van der Waals surface area contributed by atoms with E-state index in [1.165, 1.54) is 31.0 Å². The van der Waals surface area contributed by atoms with Crippen molar-refractivity contribution < 1.29 is 9.53 Å². The molecular formula is C14H15Cl2N5O2S2. The molecule has 2 rings (SSSR count). The average molecular weight is 420 g/mol. The van der Waals surface area contributed by atoms with Crippen molar-refractivity contribution in [3.05, 3.63) is 33.6 Å². The number of methoxy groups -OCH3 is 1. The minimum absolute atomic E-state index is 0.0916. The van der Waals surface area contributed by atoms with E-state index < -0.39 is 5.91 Å². The van der Waals surface area contributed by atoms with E-state index in [-0.39, 0.29) is 20.7 Å². The summed E-state index contributed by atoms with van der Waals surface area (Å²) in [4.78, 5) is 12.3. The van der Waals surface area contributed by atoms with Crippen molar-refractivity contribution in [3.63, 3.8) is 0 Å². The summed E-state index contributed by atoms with van der Waals surface area (Å²) in [5.41, 5.74) is 3.13. The van der Waals surface area contributed by atoms with Gasteiger partial charge in [0, 0.05) is 5.56 Å². The molecule has 0 aliphatic heterocycles. The number of rotatable bonds is 5. The molecule has 2 N–H and O–H groups in total. The van der Waals surface area contributed by atoms with Crippen LogP contribution in [0.15, 0.2) is 17.3 Å². The smallest absolute Gasteiger partial charge is 0.257 e. The van der Waals surface area contributed by atoms with Gasteiger partial charge in [-0.05, 0) is 37.0 Å². The van der Waals surface area contributed by atoms with E-state index in [0.717, 1.165) is 5.75 Å². The summed E-state index contributed by atoms with van der Waals surface area (Å²) >= 11 is 18.8. The molecule has 0 aliphatic carbocycles. The number of aryl methyl sites for hydroxylation is 1. The molecule has 0 saturated heterocycles. The van der Waals surface area contributed by atoms with Crippen LogP contribution in [-0.2, 0) is 0 Å². The van der Waals surface area contributed by atoms with Crippen LogP contribution >= 0.6 is 47.2 Å². The van der Waals surface area contributed by atoms with Crippen LogP contribution in [0.2, 0.25) is 10.0 Å².